The molecule has 2 aromatic rings. The fourth-order valence-electron chi connectivity index (χ4n) is 2.22. The first kappa shape index (κ1) is 14.9. The molecule has 23 heavy (non-hydrogen) atoms. The molecule has 6 nitrogen and oxygen atoms in total. The summed E-state index contributed by atoms with van der Waals surface area (Å²) in [5.74, 6) is 1.04. The Kier molecular flexibility index (Phi) is 4.14. The van der Waals surface area contributed by atoms with Gasteiger partial charge < -0.3 is 14.6 Å². The number of nitrogens with zero attached hydrogens (tertiary/aromatic N) is 1. The summed E-state index contributed by atoms with van der Waals surface area (Å²) >= 11 is 0. The van der Waals surface area contributed by atoms with Crippen LogP contribution in [0.5, 0.6) is 17.2 Å². The number of amides is 1. The minimum absolute atomic E-state index is 0.166. The number of fused-ring (bicyclic) bond motifs is 1. The highest BCUT2D eigenvalue weighted by molar-refractivity contribution is 6.02. The van der Waals surface area contributed by atoms with Gasteiger partial charge in [0, 0.05) is 5.56 Å². The summed E-state index contributed by atoms with van der Waals surface area (Å²) in [6.07, 6.45) is 0.645. The van der Waals surface area contributed by atoms with Crippen molar-refractivity contribution in [3.8, 4) is 17.2 Å². The number of phenols is 1. The highest BCUT2D eigenvalue weighted by Gasteiger charge is 2.16. The first-order valence-corrected chi connectivity index (χ1v) is 7.23. The molecule has 6 heteroatoms. The van der Waals surface area contributed by atoms with Gasteiger partial charge in [-0.3, -0.25) is 4.79 Å². The van der Waals surface area contributed by atoms with E-state index in [2.05, 4.69) is 10.5 Å². The molecular weight excluding hydrogens is 296 g/mol. The van der Waals surface area contributed by atoms with Crippen molar-refractivity contribution in [2.24, 2.45) is 5.10 Å². The van der Waals surface area contributed by atoms with Crippen molar-refractivity contribution < 1.29 is 19.4 Å². The molecule has 0 saturated carbocycles. The molecule has 1 amide bonds. The van der Waals surface area contributed by atoms with Gasteiger partial charge in [-0.1, -0.05) is 6.92 Å². The number of aromatic hydroxyl groups is 1. The molecule has 2 aromatic carbocycles. The van der Waals surface area contributed by atoms with Gasteiger partial charge in [-0.2, -0.15) is 5.10 Å². The largest absolute Gasteiger partial charge is 0.508 e. The van der Waals surface area contributed by atoms with Crippen LogP contribution in [0, 0.1) is 0 Å². The monoisotopic (exact) mass is 312 g/mol. The van der Waals surface area contributed by atoms with E-state index < -0.39 is 0 Å². The normalized spacial score (nSPS) is 13.0. The van der Waals surface area contributed by atoms with Crippen LogP contribution in [0.3, 0.4) is 0 Å². The molecule has 1 heterocycles. The third kappa shape index (κ3) is 3.26. The van der Waals surface area contributed by atoms with E-state index in [4.69, 9.17) is 9.47 Å². The fraction of sp³-hybridized carbons (Fsp3) is 0.176. The summed E-state index contributed by atoms with van der Waals surface area (Å²) in [7, 11) is 0. The van der Waals surface area contributed by atoms with Crippen molar-refractivity contribution in [3.05, 3.63) is 53.6 Å². The fourth-order valence-corrected chi connectivity index (χ4v) is 2.22. The highest BCUT2D eigenvalue weighted by atomic mass is 16.7. The summed E-state index contributed by atoms with van der Waals surface area (Å²) < 4.78 is 10.5. The Morgan fingerprint density at radius 2 is 1.83 bits per heavy atom. The number of carbonyl (C=O) groups is 1. The van der Waals surface area contributed by atoms with Gasteiger partial charge in [-0.25, -0.2) is 5.43 Å². The van der Waals surface area contributed by atoms with Crippen molar-refractivity contribution in [1.29, 1.82) is 0 Å². The molecule has 3 rings (SSSR count). The molecule has 0 atom stereocenters. The Morgan fingerprint density at radius 1 is 1.13 bits per heavy atom. The molecule has 1 aliphatic heterocycles. The molecule has 0 saturated heterocycles. The smallest absolute Gasteiger partial charge is 0.271 e. The van der Waals surface area contributed by atoms with Crippen molar-refractivity contribution in [2.45, 2.75) is 13.3 Å². The minimum atomic E-state index is -0.326. The zero-order valence-electron chi connectivity index (χ0n) is 12.6. The Morgan fingerprint density at radius 3 is 2.57 bits per heavy atom. The first-order chi connectivity index (χ1) is 11.2. The van der Waals surface area contributed by atoms with Crippen LogP contribution in [0.2, 0.25) is 0 Å². The van der Waals surface area contributed by atoms with E-state index in [-0.39, 0.29) is 18.4 Å². The van der Waals surface area contributed by atoms with Gasteiger partial charge in [0.25, 0.3) is 5.91 Å². The second kappa shape index (κ2) is 6.39. The SMILES string of the molecule is CCC(=NNC(=O)c1ccc2c(c1)OCO2)c1ccc(O)cc1. The lowest BCUT2D eigenvalue weighted by Crippen LogP contribution is -2.19. The minimum Gasteiger partial charge on any atom is -0.508 e. The maximum Gasteiger partial charge on any atom is 0.271 e. The Labute approximate surface area is 133 Å². The third-order valence-electron chi connectivity index (χ3n) is 3.46. The molecule has 0 radical (unpaired) electrons. The zero-order chi connectivity index (χ0) is 16.2. The van der Waals surface area contributed by atoms with Crippen LogP contribution < -0.4 is 14.9 Å². The van der Waals surface area contributed by atoms with Crippen molar-refractivity contribution in [2.75, 3.05) is 6.79 Å². The van der Waals surface area contributed by atoms with E-state index in [1.54, 1.807) is 42.5 Å². The lowest BCUT2D eigenvalue weighted by Gasteiger charge is -2.06. The van der Waals surface area contributed by atoms with E-state index in [1.165, 1.54) is 0 Å². The number of carbonyl (C=O) groups excluding carboxylic acids is 1. The van der Waals surface area contributed by atoms with Gasteiger partial charge in [0.15, 0.2) is 11.5 Å². The van der Waals surface area contributed by atoms with Crippen LogP contribution in [0.25, 0.3) is 0 Å². The van der Waals surface area contributed by atoms with E-state index in [1.807, 2.05) is 6.92 Å². The first-order valence-electron chi connectivity index (χ1n) is 7.23. The summed E-state index contributed by atoms with van der Waals surface area (Å²) in [6, 6.07) is 11.7. The predicted octanol–water partition coefficient (Wildman–Crippen LogP) is 2.67. The van der Waals surface area contributed by atoms with Gasteiger partial charge in [0.05, 0.1) is 5.71 Å². The van der Waals surface area contributed by atoms with Gasteiger partial charge >= 0.3 is 0 Å². The lowest BCUT2D eigenvalue weighted by atomic mass is 10.1. The van der Waals surface area contributed by atoms with Gasteiger partial charge in [-0.05, 0) is 54.4 Å². The quantitative estimate of drug-likeness (QED) is 0.672. The van der Waals surface area contributed by atoms with Crippen LogP contribution in [-0.2, 0) is 0 Å². The molecular formula is C17H16N2O4. The average Bonchev–Trinajstić information content (AvgIpc) is 3.04. The standard InChI is InChI=1S/C17H16N2O4/c1-2-14(11-3-6-13(20)7-4-11)18-19-17(21)12-5-8-15-16(9-12)23-10-22-15/h3-9,20H,2,10H2,1H3,(H,19,21). The predicted molar refractivity (Wildman–Crippen MR) is 85.0 cm³/mol. The van der Waals surface area contributed by atoms with Gasteiger partial charge in [0.1, 0.15) is 5.75 Å². The maximum atomic E-state index is 12.2. The van der Waals surface area contributed by atoms with E-state index in [0.717, 1.165) is 11.3 Å². The Hall–Kier alpha value is -3.02. The molecule has 2 N–H and O–H groups in total. The van der Waals surface area contributed by atoms with E-state index >= 15 is 0 Å². The second-order valence-electron chi connectivity index (χ2n) is 4.97. The Bertz CT molecular complexity index is 754. The number of benzene rings is 2. The van der Waals surface area contributed by atoms with Crippen LogP contribution in [0.15, 0.2) is 47.6 Å². The maximum absolute atomic E-state index is 12.2. The van der Waals surface area contributed by atoms with E-state index in [0.29, 0.717) is 23.5 Å². The molecule has 0 unspecified atom stereocenters. The lowest BCUT2D eigenvalue weighted by molar-refractivity contribution is 0.0954. The number of hydrogen-bond acceptors (Lipinski definition) is 5. The molecule has 0 aliphatic carbocycles. The number of ether oxygens (including phenoxy) is 2. The van der Waals surface area contributed by atoms with Crippen LogP contribution in [-0.4, -0.2) is 23.5 Å². The van der Waals surface area contributed by atoms with Crippen LogP contribution >= 0.6 is 0 Å². The highest BCUT2D eigenvalue weighted by Crippen LogP contribution is 2.32. The van der Waals surface area contributed by atoms with Crippen LogP contribution in [0.4, 0.5) is 0 Å². The van der Waals surface area contributed by atoms with Gasteiger partial charge in [-0.15, -0.1) is 0 Å². The summed E-state index contributed by atoms with van der Waals surface area (Å²) in [4.78, 5) is 12.2. The molecule has 118 valence electrons. The van der Waals surface area contributed by atoms with E-state index in [9.17, 15) is 9.90 Å². The Balaban J connectivity index is 1.75. The molecule has 0 aromatic heterocycles. The van der Waals surface area contributed by atoms with Gasteiger partial charge in [0.2, 0.25) is 6.79 Å². The number of nitrogens with one attached hydrogen (secondary N) is 1. The topological polar surface area (TPSA) is 80.2 Å². The zero-order valence-corrected chi connectivity index (χ0v) is 12.6. The van der Waals surface area contributed by atoms with Crippen molar-refractivity contribution in [1.82, 2.24) is 5.43 Å². The summed E-state index contributed by atoms with van der Waals surface area (Å²) in [5.41, 5.74) is 4.55. The number of phenolic OH excluding ortho intramolecular Hbond substituents is 1. The number of rotatable bonds is 4. The third-order valence-corrected chi connectivity index (χ3v) is 3.46. The van der Waals surface area contributed by atoms with Crippen molar-refractivity contribution in [3.63, 3.8) is 0 Å². The second-order valence-corrected chi connectivity index (χ2v) is 4.97. The number of hydrogen-bond donors (Lipinski definition) is 2. The molecule has 0 fully saturated rings. The summed E-state index contributed by atoms with van der Waals surface area (Å²) in [6.45, 7) is 2.11. The average molecular weight is 312 g/mol. The molecule has 0 bridgehead atoms. The number of hydrazone groups is 1. The van der Waals surface area contributed by atoms with Crippen LogP contribution in [0.1, 0.15) is 29.3 Å². The summed E-state index contributed by atoms with van der Waals surface area (Å²) in [5, 5.41) is 13.5. The molecule has 0 spiro atoms. The molecule has 1 aliphatic rings. The van der Waals surface area contributed by atoms with Crippen molar-refractivity contribution >= 4 is 11.6 Å².